The molecule has 0 aromatic heterocycles. The van der Waals surface area contributed by atoms with Crippen molar-refractivity contribution in [3.8, 4) is 0 Å². The summed E-state index contributed by atoms with van der Waals surface area (Å²) in [5, 5.41) is 15.4. The van der Waals surface area contributed by atoms with Crippen molar-refractivity contribution in [2.45, 2.75) is 38.5 Å². The lowest BCUT2D eigenvalue weighted by atomic mass is 10.0. The monoisotopic (exact) mass is 248 g/mol. The first kappa shape index (κ1) is 13.1. The minimum atomic E-state index is -0.0555. The van der Waals surface area contributed by atoms with Crippen molar-refractivity contribution in [3.05, 3.63) is 35.4 Å². The van der Waals surface area contributed by atoms with Gasteiger partial charge >= 0.3 is 0 Å². The van der Waals surface area contributed by atoms with E-state index in [0.29, 0.717) is 6.54 Å². The largest absolute Gasteiger partial charge is 0.392 e. The second-order valence-corrected chi connectivity index (χ2v) is 4.65. The van der Waals surface area contributed by atoms with Crippen LogP contribution in [0.5, 0.6) is 0 Å². The van der Waals surface area contributed by atoms with Crippen molar-refractivity contribution < 1.29 is 9.90 Å². The Kier molecular flexibility index (Phi) is 4.73. The Bertz CT molecular complexity index is 401. The molecule has 1 heterocycles. The topological polar surface area (TPSA) is 61.4 Å². The molecule has 0 radical (unpaired) electrons. The number of piperidine rings is 1. The van der Waals surface area contributed by atoms with Gasteiger partial charge in [0, 0.05) is 6.54 Å². The quantitative estimate of drug-likeness (QED) is 0.743. The molecule has 1 atom stereocenters. The van der Waals surface area contributed by atoms with Crippen molar-refractivity contribution in [1.29, 1.82) is 0 Å². The number of rotatable bonds is 4. The maximum atomic E-state index is 11.9. The third-order valence-electron chi connectivity index (χ3n) is 3.37. The average molecular weight is 248 g/mol. The lowest BCUT2D eigenvalue weighted by molar-refractivity contribution is -0.123. The van der Waals surface area contributed by atoms with Crippen molar-refractivity contribution in [2.24, 2.45) is 0 Å². The third-order valence-corrected chi connectivity index (χ3v) is 3.37. The Morgan fingerprint density at radius 1 is 1.33 bits per heavy atom. The van der Waals surface area contributed by atoms with Gasteiger partial charge in [-0.1, -0.05) is 30.7 Å². The highest BCUT2D eigenvalue weighted by molar-refractivity contribution is 5.81. The van der Waals surface area contributed by atoms with Crippen LogP contribution in [0.15, 0.2) is 24.3 Å². The van der Waals surface area contributed by atoms with Crippen LogP contribution in [0.4, 0.5) is 0 Å². The van der Waals surface area contributed by atoms with E-state index in [2.05, 4.69) is 10.6 Å². The Morgan fingerprint density at radius 3 is 2.78 bits per heavy atom. The maximum absolute atomic E-state index is 11.9. The number of hydrogen-bond acceptors (Lipinski definition) is 3. The SMILES string of the molecule is O=C(NCc1ccccc1CO)C1CCCCN1. The molecule has 4 heteroatoms. The number of hydrogen-bond donors (Lipinski definition) is 3. The van der Waals surface area contributed by atoms with Gasteiger partial charge in [-0.3, -0.25) is 4.79 Å². The summed E-state index contributed by atoms with van der Waals surface area (Å²) in [5.74, 6) is 0.0578. The molecule has 3 N–H and O–H groups in total. The Labute approximate surface area is 107 Å². The van der Waals surface area contributed by atoms with Gasteiger partial charge in [0.15, 0.2) is 0 Å². The van der Waals surface area contributed by atoms with E-state index in [-0.39, 0.29) is 18.6 Å². The van der Waals surface area contributed by atoms with Gasteiger partial charge in [0.1, 0.15) is 0 Å². The van der Waals surface area contributed by atoms with E-state index in [1.807, 2.05) is 24.3 Å². The molecule has 18 heavy (non-hydrogen) atoms. The highest BCUT2D eigenvalue weighted by atomic mass is 16.3. The van der Waals surface area contributed by atoms with Crippen LogP contribution >= 0.6 is 0 Å². The van der Waals surface area contributed by atoms with E-state index in [4.69, 9.17) is 0 Å². The van der Waals surface area contributed by atoms with E-state index in [9.17, 15) is 9.90 Å². The van der Waals surface area contributed by atoms with Gasteiger partial charge in [0.25, 0.3) is 0 Å². The number of aliphatic hydroxyl groups is 1. The van der Waals surface area contributed by atoms with Gasteiger partial charge in [0.05, 0.1) is 12.6 Å². The van der Waals surface area contributed by atoms with Gasteiger partial charge in [-0.05, 0) is 30.5 Å². The van der Waals surface area contributed by atoms with Gasteiger partial charge in [0.2, 0.25) is 5.91 Å². The smallest absolute Gasteiger partial charge is 0.237 e. The zero-order valence-corrected chi connectivity index (χ0v) is 10.5. The minimum Gasteiger partial charge on any atom is -0.392 e. The molecule has 0 aliphatic carbocycles. The van der Waals surface area contributed by atoms with Crippen molar-refractivity contribution in [3.63, 3.8) is 0 Å². The molecule has 1 aliphatic rings. The Balaban J connectivity index is 1.88. The maximum Gasteiger partial charge on any atom is 0.237 e. The number of amides is 1. The number of nitrogens with one attached hydrogen (secondary N) is 2. The molecule has 4 nitrogen and oxygen atoms in total. The van der Waals surface area contributed by atoms with Gasteiger partial charge in [-0.25, -0.2) is 0 Å². The van der Waals surface area contributed by atoms with Gasteiger partial charge < -0.3 is 15.7 Å². The third kappa shape index (κ3) is 3.31. The second-order valence-electron chi connectivity index (χ2n) is 4.65. The van der Waals surface area contributed by atoms with E-state index < -0.39 is 0 Å². The second kappa shape index (κ2) is 6.52. The highest BCUT2D eigenvalue weighted by Crippen LogP contribution is 2.10. The number of aliphatic hydroxyl groups excluding tert-OH is 1. The molecule has 2 rings (SSSR count). The van der Waals surface area contributed by atoms with Crippen LogP contribution in [0.2, 0.25) is 0 Å². The molecular formula is C14H20N2O2. The number of carbonyl (C=O) groups is 1. The fourth-order valence-corrected chi connectivity index (χ4v) is 2.27. The molecule has 1 aliphatic heterocycles. The first-order valence-electron chi connectivity index (χ1n) is 6.50. The average Bonchev–Trinajstić information content (AvgIpc) is 2.46. The fraction of sp³-hybridized carbons (Fsp3) is 0.500. The molecule has 0 spiro atoms. The predicted octanol–water partition coefficient (Wildman–Crippen LogP) is 0.937. The van der Waals surface area contributed by atoms with Crippen molar-refractivity contribution in [1.82, 2.24) is 10.6 Å². The summed E-state index contributed by atoms with van der Waals surface area (Å²) < 4.78 is 0. The Morgan fingerprint density at radius 2 is 2.11 bits per heavy atom. The summed E-state index contributed by atoms with van der Waals surface area (Å²) in [6, 6.07) is 7.56. The van der Waals surface area contributed by atoms with E-state index >= 15 is 0 Å². The fourth-order valence-electron chi connectivity index (χ4n) is 2.27. The zero-order valence-electron chi connectivity index (χ0n) is 10.5. The van der Waals surface area contributed by atoms with Crippen LogP contribution in [0.3, 0.4) is 0 Å². The number of carbonyl (C=O) groups excluding carboxylic acids is 1. The molecular weight excluding hydrogens is 228 g/mol. The molecule has 1 fully saturated rings. The van der Waals surface area contributed by atoms with Crippen LogP contribution in [0.1, 0.15) is 30.4 Å². The molecule has 1 amide bonds. The summed E-state index contributed by atoms with van der Waals surface area (Å²) in [5.41, 5.74) is 1.85. The van der Waals surface area contributed by atoms with Crippen LogP contribution in [0.25, 0.3) is 0 Å². The van der Waals surface area contributed by atoms with Crippen LogP contribution in [-0.2, 0) is 17.9 Å². The number of benzene rings is 1. The highest BCUT2D eigenvalue weighted by Gasteiger charge is 2.19. The van der Waals surface area contributed by atoms with Crippen molar-refractivity contribution in [2.75, 3.05) is 6.54 Å². The summed E-state index contributed by atoms with van der Waals surface area (Å²) in [7, 11) is 0. The molecule has 1 aromatic rings. The first-order chi connectivity index (χ1) is 8.81. The van der Waals surface area contributed by atoms with E-state index in [1.165, 1.54) is 0 Å². The van der Waals surface area contributed by atoms with Gasteiger partial charge in [-0.2, -0.15) is 0 Å². The standard InChI is InChI=1S/C14H20N2O2/c17-10-12-6-2-1-5-11(12)9-16-14(18)13-7-3-4-8-15-13/h1-2,5-6,13,15,17H,3-4,7-10H2,(H,16,18). The normalized spacial score (nSPS) is 19.5. The molecule has 1 aromatic carbocycles. The summed E-state index contributed by atoms with van der Waals surface area (Å²) in [6.45, 7) is 1.41. The van der Waals surface area contributed by atoms with Crippen LogP contribution in [-0.4, -0.2) is 23.6 Å². The first-order valence-corrected chi connectivity index (χ1v) is 6.50. The van der Waals surface area contributed by atoms with Crippen molar-refractivity contribution >= 4 is 5.91 Å². The molecule has 0 saturated carbocycles. The molecule has 98 valence electrons. The summed E-state index contributed by atoms with van der Waals surface area (Å²) in [6.07, 6.45) is 3.17. The van der Waals surface area contributed by atoms with Crippen LogP contribution < -0.4 is 10.6 Å². The van der Waals surface area contributed by atoms with E-state index in [0.717, 1.165) is 36.9 Å². The Hall–Kier alpha value is -1.39. The molecule has 1 unspecified atom stereocenters. The van der Waals surface area contributed by atoms with Gasteiger partial charge in [-0.15, -0.1) is 0 Å². The predicted molar refractivity (Wildman–Crippen MR) is 69.9 cm³/mol. The zero-order chi connectivity index (χ0) is 12.8. The summed E-state index contributed by atoms with van der Waals surface area (Å²) >= 11 is 0. The minimum absolute atomic E-state index is 0.00766. The van der Waals surface area contributed by atoms with E-state index in [1.54, 1.807) is 0 Å². The summed E-state index contributed by atoms with van der Waals surface area (Å²) in [4.78, 5) is 11.9. The molecule has 0 bridgehead atoms. The lowest BCUT2D eigenvalue weighted by Crippen LogP contribution is -2.46. The van der Waals surface area contributed by atoms with Crippen LogP contribution in [0, 0.1) is 0 Å². The molecule has 1 saturated heterocycles. The lowest BCUT2D eigenvalue weighted by Gasteiger charge is -2.22.